The SMILES string of the molecule is Nc1ccc2c(C(=O)NC3(CO)CCOCC3)c[nH]c2c1. The van der Waals surface area contributed by atoms with Gasteiger partial charge in [-0.05, 0) is 31.0 Å². The van der Waals surface area contributed by atoms with Crippen LogP contribution in [0.4, 0.5) is 5.69 Å². The summed E-state index contributed by atoms with van der Waals surface area (Å²) in [4.78, 5) is 15.6. The number of aromatic amines is 1. The van der Waals surface area contributed by atoms with Crippen molar-refractivity contribution in [3.63, 3.8) is 0 Å². The lowest BCUT2D eigenvalue weighted by molar-refractivity contribution is 0.0126. The third-order valence-electron chi connectivity index (χ3n) is 4.08. The molecule has 112 valence electrons. The molecule has 6 heteroatoms. The van der Waals surface area contributed by atoms with E-state index in [-0.39, 0.29) is 12.5 Å². The number of nitrogen functional groups attached to an aromatic ring is 1. The summed E-state index contributed by atoms with van der Waals surface area (Å²) >= 11 is 0. The Morgan fingerprint density at radius 3 is 2.90 bits per heavy atom. The predicted octanol–water partition coefficient (Wildman–Crippen LogP) is 1.02. The number of H-pyrrole nitrogens is 1. The van der Waals surface area contributed by atoms with Crippen LogP contribution in [0.5, 0.6) is 0 Å². The summed E-state index contributed by atoms with van der Waals surface area (Å²) in [5, 5.41) is 13.4. The van der Waals surface area contributed by atoms with Crippen molar-refractivity contribution in [3.05, 3.63) is 30.0 Å². The van der Waals surface area contributed by atoms with E-state index in [2.05, 4.69) is 10.3 Å². The van der Waals surface area contributed by atoms with Gasteiger partial charge in [-0.15, -0.1) is 0 Å². The number of fused-ring (bicyclic) bond motifs is 1. The predicted molar refractivity (Wildman–Crippen MR) is 80.0 cm³/mol. The first kappa shape index (κ1) is 13.9. The number of hydrogen-bond acceptors (Lipinski definition) is 4. The molecular formula is C15H19N3O3. The molecule has 0 spiro atoms. The molecule has 5 N–H and O–H groups in total. The van der Waals surface area contributed by atoms with Gasteiger partial charge >= 0.3 is 0 Å². The fourth-order valence-corrected chi connectivity index (χ4v) is 2.72. The molecule has 1 aromatic carbocycles. The molecule has 0 bridgehead atoms. The van der Waals surface area contributed by atoms with E-state index in [9.17, 15) is 9.90 Å². The lowest BCUT2D eigenvalue weighted by atomic mass is 9.90. The number of nitrogens with one attached hydrogen (secondary N) is 2. The summed E-state index contributed by atoms with van der Waals surface area (Å²) in [7, 11) is 0. The molecule has 1 aliphatic heterocycles. The molecule has 0 radical (unpaired) electrons. The molecule has 2 aromatic rings. The highest BCUT2D eigenvalue weighted by Crippen LogP contribution is 2.24. The largest absolute Gasteiger partial charge is 0.399 e. The molecule has 2 heterocycles. The van der Waals surface area contributed by atoms with E-state index < -0.39 is 5.54 Å². The summed E-state index contributed by atoms with van der Waals surface area (Å²) in [6, 6.07) is 5.39. The molecular weight excluding hydrogens is 270 g/mol. The van der Waals surface area contributed by atoms with Crippen LogP contribution in [0.2, 0.25) is 0 Å². The number of aliphatic hydroxyl groups excluding tert-OH is 1. The second kappa shape index (κ2) is 5.38. The Hall–Kier alpha value is -2.05. The number of rotatable bonds is 3. The highest BCUT2D eigenvalue weighted by Gasteiger charge is 2.34. The van der Waals surface area contributed by atoms with E-state index >= 15 is 0 Å². The van der Waals surface area contributed by atoms with Crippen molar-refractivity contribution in [1.82, 2.24) is 10.3 Å². The van der Waals surface area contributed by atoms with Gasteiger partial charge in [0.1, 0.15) is 0 Å². The molecule has 3 rings (SSSR count). The van der Waals surface area contributed by atoms with Gasteiger partial charge < -0.3 is 25.9 Å². The van der Waals surface area contributed by atoms with Crippen LogP contribution < -0.4 is 11.1 Å². The van der Waals surface area contributed by atoms with Crippen LogP contribution in [0.1, 0.15) is 23.2 Å². The molecule has 1 fully saturated rings. The molecule has 1 amide bonds. The molecule has 0 saturated carbocycles. The maximum Gasteiger partial charge on any atom is 0.253 e. The minimum Gasteiger partial charge on any atom is -0.399 e. The number of benzene rings is 1. The fourth-order valence-electron chi connectivity index (χ4n) is 2.72. The normalized spacial score (nSPS) is 17.8. The van der Waals surface area contributed by atoms with E-state index in [1.165, 1.54) is 0 Å². The van der Waals surface area contributed by atoms with Gasteiger partial charge in [0.25, 0.3) is 5.91 Å². The fraction of sp³-hybridized carbons (Fsp3) is 0.400. The van der Waals surface area contributed by atoms with E-state index in [4.69, 9.17) is 10.5 Å². The monoisotopic (exact) mass is 289 g/mol. The van der Waals surface area contributed by atoms with Crippen molar-refractivity contribution in [2.24, 2.45) is 0 Å². The first-order valence-electron chi connectivity index (χ1n) is 7.01. The van der Waals surface area contributed by atoms with Crippen molar-refractivity contribution in [2.45, 2.75) is 18.4 Å². The Labute approximate surface area is 122 Å². The summed E-state index contributed by atoms with van der Waals surface area (Å²) in [5.41, 5.74) is 7.17. The van der Waals surface area contributed by atoms with Gasteiger partial charge in [0.2, 0.25) is 0 Å². The number of aromatic nitrogens is 1. The third-order valence-corrected chi connectivity index (χ3v) is 4.08. The second-order valence-electron chi connectivity index (χ2n) is 5.51. The lowest BCUT2D eigenvalue weighted by Gasteiger charge is -2.36. The molecule has 0 unspecified atom stereocenters. The Balaban J connectivity index is 1.86. The van der Waals surface area contributed by atoms with Crippen LogP contribution in [-0.4, -0.2) is 41.4 Å². The van der Waals surface area contributed by atoms with E-state index in [0.29, 0.717) is 37.3 Å². The summed E-state index contributed by atoms with van der Waals surface area (Å²) in [5.74, 6) is -0.193. The van der Waals surface area contributed by atoms with Gasteiger partial charge in [-0.25, -0.2) is 0 Å². The van der Waals surface area contributed by atoms with E-state index in [0.717, 1.165) is 10.9 Å². The first-order chi connectivity index (χ1) is 10.1. The molecule has 1 aliphatic rings. The second-order valence-corrected chi connectivity index (χ2v) is 5.51. The smallest absolute Gasteiger partial charge is 0.253 e. The maximum atomic E-state index is 12.5. The Bertz CT molecular complexity index is 659. The topological polar surface area (TPSA) is 100 Å². The van der Waals surface area contributed by atoms with Crippen molar-refractivity contribution < 1.29 is 14.6 Å². The zero-order chi connectivity index (χ0) is 14.9. The van der Waals surface area contributed by atoms with Crippen LogP contribution in [0.15, 0.2) is 24.4 Å². The number of carbonyl (C=O) groups excluding carboxylic acids is 1. The zero-order valence-electron chi connectivity index (χ0n) is 11.7. The zero-order valence-corrected chi connectivity index (χ0v) is 11.7. The first-order valence-corrected chi connectivity index (χ1v) is 7.01. The number of hydrogen-bond donors (Lipinski definition) is 4. The van der Waals surface area contributed by atoms with Crippen molar-refractivity contribution in [3.8, 4) is 0 Å². The minimum atomic E-state index is -0.591. The van der Waals surface area contributed by atoms with Crippen LogP contribution in [0.25, 0.3) is 10.9 Å². The van der Waals surface area contributed by atoms with Crippen LogP contribution in [-0.2, 0) is 4.74 Å². The maximum absolute atomic E-state index is 12.5. The number of anilines is 1. The van der Waals surface area contributed by atoms with Crippen LogP contribution in [0.3, 0.4) is 0 Å². The summed E-state index contributed by atoms with van der Waals surface area (Å²) in [6.45, 7) is 1.01. The Kier molecular flexibility index (Phi) is 3.57. The molecule has 0 aliphatic carbocycles. The van der Waals surface area contributed by atoms with Crippen molar-refractivity contribution in [1.29, 1.82) is 0 Å². The Morgan fingerprint density at radius 1 is 1.43 bits per heavy atom. The van der Waals surface area contributed by atoms with Crippen molar-refractivity contribution in [2.75, 3.05) is 25.6 Å². The molecule has 1 aromatic heterocycles. The number of nitrogens with two attached hydrogens (primary N) is 1. The average Bonchev–Trinajstić information content (AvgIpc) is 2.91. The van der Waals surface area contributed by atoms with Crippen molar-refractivity contribution >= 4 is 22.5 Å². The summed E-state index contributed by atoms with van der Waals surface area (Å²) in [6.07, 6.45) is 2.90. The Morgan fingerprint density at radius 2 is 2.19 bits per heavy atom. The van der Waals surface area contributed by atoms with E-state index in [1.54, 1.807) is 18.3 Å². The van der Waals surface area contributed by atoms with Gasteiger partial charge in [-0.2, -0.15) is 0 Å². The van der Waals surface area contributed by atoms with Gasteiger partial charge in [-0.3, -0.25) is 4.79 Å². The van der Waals surface area contributed by atoms with Crippen LogP contribution in [0, 0.1) is 0 Å². The standard InChI is InChI=1S/C15H19N3O3/c16-10-1-2-11-12(8-17-13(11)7-10)14(20)18-15(9-19)3-5-21-6-4-15/h1-2,7-8,17,19H,3-6,9,16H2,(H,18,20). The molecule has 21 heavy (non-hydrogen) atoms. The number of aliphatic hydroxyl groups is 1. The third kappa shape index (κ3) is 2.59. The van der Waals surface area contributed by atoms with Gasteiger partial charge in [0, 0.05) is 36.0 Å². The lowest BCUT2D eigenvalue weighted by Crippen LogP contribution is -2.54. The number of carbonyl (C=O) groups is 1. The molecule has 1 saturated heterocycles. The number of amides is 1. The quantitative estimate of drug-likeness (QED) is 0.634. The summed E-state index contributed by atoms with van der Waals surface area (Å²) < 4.78 is 5.30. The highest BCUT2D eigenvalue weighted by atomic mass is 16.5. The van der Waals surface area contributed by atoms with Gasteiger partial charge in [-0.1, -0.05) is 0 Å². The molecule has 6 nitrogen and oxygen atoms in total. The number of ether oxygens (including phenoxy) is 1. The van der Waals surface area contributed by atoms with Crippen LogP contribution >= 0.6 is 0 Å². The highest BCUT2D eigenvalue weighted by molar-refractivity contribution is 6.07. The minimum absolute atomic E-state index is 0.0859. The average molecular weight is 289 g/mol. The van der Waals surface area contributed by atoms with Gasteiger partial charge in [0.05, 0.1) is 17.7 Å². The van der Waals surface area contributed by atoms with E-state index in [1.807, 2.05) is 6.07 Å². The molecule has 0 atom stereocenters. The van der Waals surface area contributed by atoms with Gasteiger partial charge in [0.15, 0.2) is 0 Å².